The van der Waals surface area contributed by atoms with Gasteiger partial charge < -0.3 is 10.0 Å². The second-order valence-electron chi connectivity index (χ2n) is 6.07. The van der Waals surface area contributed by atoms with Crippen LogP contribution in [-0.2, 0) is 0 Å². The molecule has 1 N–H and O–H groups in total. The van der Waals surface area contributed by atoms with Crippen molar-refractivity contribution in [1.82, 2.24) is 4.90 Å². The molecule has 1 amide bonds. The Morgan fingerprint density at radius 2 is 1.56 bits per heavy atom. The highest BCUT2D eigenvalue weighted by Gasteiger charge is 2.16. The third-order valence-electron chi connectivity index (χ3n) is 4.64. The summed E-state index contributed by atoms with van der Waals surface area (Å²) in [6.45, 7) is 5.32. The summed E-state index contributed by atoms with van der Waals surface area (Å²) in [4.78, 5) is 14.2. The van der Waals surface area contributed by atoms with Gasteiger partial charge in [0.2, 0.25) is 0 Å². The highest BCUT2D eigenvalue weighted by atomic mass is 16.3. The van der Waals surface area contributed by atoms with E-state index < -0.39 is 6.10 Å². The topological polar surface area (TPSA) is 40.5 Å². The smallest absolute Gasteiger partial charge is 0.253 e. The first-order chi connectivity index (χ1) is 12.2. The number of benzene rings is 3. The zero-order chi connectivity index (χ0) is 17.8. The van der Waals surface area contributed by atoms with Crippen molar-refractivity contribution in [2.75, 3.05) is 13.1 Å². The predicted octanol–water partition coefficient (Wildman–Crippen LogP) is 4.40. The lowest BCUT2D eigenvalue weighted by Gasteiger charge is -2.19. The van der Waals surface area contributed by atoms with E-state index in [0.717, 1.165) is 21.9 Å². The van der Waals surface area contributed by atoms with E-state index in [2.05, 4.69) is 0 Å². The fraction of sp³-hybridized carbons (Fsp3) is 0.227. The average Bonchev–Trinajstić information content (AvgIpc) is 2.68. The Hall–Kier alpha value is -2.65. The molecule has 3 aromatic rings. The van der Waals surface area contributed by atoms with Crippen LogP contribution in [0.25, 0.3) is 10.8 Å². The zero-order valence-corrected chi connectivity index (χ0v) is 14.6. The predicted molar refractivity (Wildman–Crippen MR) is 102 cm³/mol. The molecule has 3 heteroatoms. The number of hydrogen-bond acceptors (Lipinski definition) is 2. The Morgan fingerprint density at radius 1 is 0.920 bits per heavy atom. The number of fused-ring (bicyclic) bond motifs is 1. The molecule has 0 aliphatic carbocycles. The molecule has 1 atom stereocenters. The first kappa shape index (κ1) is 17.2. The molecular formula is C22H23NO2. The van der Waals surface area contributed by atoms with Gasteiger partial charge in [-0.1, -0.05) is 54.6 Å². The van der Waals surface area contributed by atoms with E-state index in [1.807, 2.05) is 68.4 Å². The average molecular weight is 333 g/mol. The summed E-state index contributed by atoms with van der Waals surface area (Å²) in [5.41, 5.74) is 2.31. The fourth-order valence-corrected chi connectivity index (χ4v) is 3.17. The van der Waals surface area contributed by atoms with Crippen LogP contribution < -0.4 is 0 Å². The normalized spacial score (nSPS) is 12.1. The molecule has 0 aliphatic rings. The Labute approximate surface area is 148 Å². The van der Waals surface area contributed by atoms with Crippen molar-refractivity contribution < 1.29 is 9.90 Å². The number of carbonyl (C=O) groups excluding carboxylic acids is 1. The Kier molecular flexibility index (Phi) is 5.15. The Bertz CT molecular complexity index is 861. The lowest BCUT2D eigenvalue weighted by Crippen LogP contribution is -2.30. The van der Waals surface area contributed by atoms with E-state index >= 15 is 0 Å². The third-order valence-corrected chi connectivity index (χ3v) is 4.64. The Balaban J connectivity index is 1.90. The molecular weight excluding hydrogens is 310 g/mol. The van der Waals surface area contributed by atoms with Crippen LogP contribution in [0.3, 0.4) is 0 Å². The van der Waals surface area contributed by atoms with Gasteiger partial charge in [0.05, 0.1) is 0 Å². The second kappa shape index (κ2) is 7.49. The molecule has 3 nitrogen and oxygen atoms in total. The largest absolute Gasteiger partial charge is 0.384 e. The number of hydrogen-bond donors (Lipinski definition) is 1. The lowest BCUT2D eigenvalue weighted by molar-refractivity contribution is 0.0773. The van der Waals surface area contributed by atoms with Crippen LogP contribution in [0.1, 0.15) is 41.4 Å². The van der Waals surface area contributed by atoms with Gasteiger partial charge in [0, 0.05) is 18.7 Å². The molecule has 0 saturated carbocycles. The van der Waals surface area contributed by atoms with Gasteiger partial charge in [-0.3, -0.25) is 4.79 Å². The second-order valence-corrected chi connectivity index (χ2v) is 6.07. The SMILES string of the molecule is CCN(CC)C(=O)c1ccc(C(O)c2cccc3ccccc23)cc1. The number of nitrogens with zero attached hydrogens (tertiary/aromatic N) is 1. The quantitative estimate of drug-likeness (QED) is 0.751. The number of aliphatic hydroxyl groups is 1. The molecule has 0 spiro atoms. The first-order valence-corrected chi connectivity index (χ1v) is 8.70. The molecule has 0 fully saturated rings. The van der Waals surface area contributed by atoms with Gasteiger partial charge >= 0.3 is 0 Å². The Morgan fingerprint density at radius 3 is 2.24 bits per heavy atom. The molecule has 3 rings (SSSR count). The highest BCUT2D eigenvalue weighted by Crippen LogP contribution is 2.29. The van der Waals surface area contributed by atoms with Gasteiger partial charge in [0.1, 0.15) is 6.10 Å². The highest BCUT2D eigenvalue weighted by molar-refractivity contribution is 5.94. The minimum absolute atomic E-state index is 0.0243. The minimum Gasteiger partial charge on any atom is -0.384 e. The van der Waals surface area contributed by atoms with Crippen LogP contribution in [0.5, 0.6) is 0 Å². The van der Waals surface area contributed by atoms with Crippen molar-refractivity contribution in [3.63, 3.8) is 0 Å². The van der Waals surface area contributed by atoms with Crippen molar-refractivity contribution in [3.05, 3.63) is 83.4 Å². The van der Waals surface area contributed by atoms with E-state index in [1.165, 1.54) is 0 Å². The molecule has 128 valence electrons. The molecule has 25 heavy (non-hydrogen) atoms. The van der Waals surface area contributed by atoms with Crippen LogP contribution in [-0.4, -0.2) is 29.0 Å². The molecule has 1 unspecified atom stereocenters. The summed E-state index contributed by atoms with van der Waals surface area (Å²) in [6.07, 6.45) is -0.719. The van der Waals surface area contributed by atoms with Crippen molar-refractivity contribution in [2.45, 2.75) is 20.0 Å². The summed E-state index contributed by atoms with van der Waals surface area (Å²) in [7, 11) is 0. The number of amides is 1. The lowest BCUT2D eigenvalue weighted by atomic mass is 9.95. The van der Waals surface area contributed by atoms with Gasteiger partial charge in [-0.2, -0.15) is 0 Å². The standard InChI is InChI=1S/C22H23NO2/c1-3-23(4-2)22(25)18-14-12-17(13-15-18)21(24)20-11-7-9-16-8-5-6-10-19(16)20/h5-15,21,24H,3-4H2,1-2H3. The number of aliphatic hydroxyl groups excluding tert-OH is 1. The van der Waals surface area contributed by atoms with Crippen LogP contribution in [0, 0.1) is 0 Å². The van der Waals surface area contributed by atoms with Crippen molar-refractivity contribution in [2.24, 2.45) is 0 Å². The first-order valence-electron chi connectivity index (χ1n) is 8.70. The van der Waals surface area contributed by atoms with Gasteiger partial charge in [-0.15, -0.1) is 0 Å². The summed E-state index contributed by atoms with van der Waals surface area (Å²) < 4.78 is 0. The van der Waals surface area contributed by atoms with E-state index in [4.69, 9.17) is 0 Å². The molecule has 3 aromatic carbocycles. The maximum Gasteiger partial charge on any atom is 0.253 e. The molecule has 0 aromatic heterocycles. The van der Waals surface area contributed by atoms with Gasteiger partial charge in [-0.25, -0.2) is 0 Å². The molecule has 0 heterocycles. The van der Waals surface area contributed by atoms with Crippen LogP contribution in [0.15, 0.2) is 66.7 Å². The maximum absolute atomic E-state index is 12.4. The number of rotatable bonds is 5. The van der Waals surface area contributed by atoms with Crippen molar-refractivity contribution in [3.8, 4) is 0 Å². The maximum atomic E-state index is 12.4. The van der Waals surface area contributed by atoms with Gasteiger partial charge in [0.25, 0.3) is 5.91 Å². The van der Waals surface area contributed by atoms with Crippen LogP contribution >= 0.6 is 0 Å². The van der Waals surface area contributed by atoms with Gasteiger partial charge in [0.15, 0.2) is 0 Å². The van der Waals surface area contributed by atoms with Crippen LogP contribution in [0.2, 0.25) is 0 Å². The van der Waals surface area contributed by atoms with Crippen molar-refractivity contribution >= 4 is 16.7 Å². The van der Waals surface area contributed by atoms with Crippen molar-refractivity contribution in [1.29, 1.82) is 0 Å². The molecule has 0 saturated heterocycles. The van der Waals surface area contributed by atoms with Gasteiger partial charge in [-0.05, 0) is 47.9 Å². The molecule has 0 radical (unpaired) electrons. The van der Waals surface area contributed by atoms with E-state index in [-0.39, 0.29) is 5.91 Å². The summed E-state index contributed by atoms with van der Waals surface area (Å²) in [6, 6.07) is 21.2. The number of carbonyl (C=O) groups is 1. The summed E-state index contributed by atoms with van der Waals surface area (Å²) >= 11 is 0. The summed E-state index contributed by atoms with van der Waals surface area (Å²) in [5.74, 6) is 0.0243. The van der Waals surface area contributed by atoms with E-state index in [9.17, 15) is 9.90 Å². The monoisotopic (exact) mass is 333 g/mol. The van der Waals surface area contributed by atoms with E-state index in [1.54, 1.807) is 17.0 Å². The van der Waals surface area contributed by atoms with E-state index in [0.29, 0.717) is 18.7 Å². The minimum atomic E-state index is -0.719. The zero-order valence-electron chi connectivity index (χ0n) is 14.6. The fourth-order valence-electron chi connectivity index (χ4n) is 3.17. The summed E-state index contributed by atoms with van der Waals surface area (Å²) in [5, 5.41) is 13.0. The molecule has 0 aliphatic heterocycles. The molecule has 0 bridgehead atoms. The third kappa shape index (κ3) is 3.42. The van der Waals surface area contributed by atoms with Crippen LogP contribution in [0.4, 0.5) is 0 Å².